The van der Waals surface area contributed by atoms with E-state index >= 15 is 0 Å². The van der Waals surface area contributed by atoms with Gasteiger partial charge in [0.05, 0.1) is 6.10 Å². The maximum atomic E-state index is 5.60. The molecular formula is C14H24N2O. The molecule has 0 bridgehead atoms. The van der Waals surface area contributed by atoms with Crippen molar-refractivity contribution in [3.05, 3.63) is 29.8 Å². The van der Waals surface area contributed by atoms with E-state index in [1.54, 1.807) is 7.11 Å². The predicted octanol–water partition coefficient (Wildman–Crippen LogP) is 2.05. The largest absolute Gasteiger partial charge is 0.380 e. The fraction of sp³-hybridized carbons (Fsp3) is 0.571. The van der Waals surface area contributed by atoms with E-state index < -0.39 is 0 Å². The lowest BCUT2D eigenvalue weighted by Crippen LogP contribution is -2.28. The Morgan fingerprint density at radius 3 is 2.41 bits per heavy atom. The van der Waals surface area contributed by atoms with Crippen LogP contribution in [0.4, 0.5) is 5.69 Å². The van der Waals surface area contributed by atoms with Gasteiger partial charge in [-0.1, -0.05) is 19.1 Å². The summed E-state index contributed by atoms with van der Waals surface area (Å²) in [5.74, 6) is 0. The Kier molecular flexibility index (Phi) is 6.01. The number of anilines is 1. The molecule has 0 radical (unpaired) electrons. The van der Waals surface area contributed by atoms with Crippen LogP contribution < -0.4 is 10.6 Å². The minimum atomic E-state index is 0.160. The first kappa shape index (κ1) is 14.0. The number of nitrogens with two attached hydrogens (primary N) is 1. The van der Waals surface area contributed by atoms with Gasteiger partial charge in [0.15, 0.2) is 0 Å². The lowest BCUT2D eigenvalue weighted by Gasteiger charge is -2.22. The second-order valence-corrected chi connectivity index (χ2v) is 4.32. The van der Waals surface area contributed by atoms with Gasteiger partial charge in [0, 0.05) is 32.9 Å². The Bertz CT molecular complexity index is 307. The molecule has 1 unspecified atom stereocenters. The van der Waals surface area contributed by atoms with Gasteiger partial charge in [-0.15, -0.1) is 0 Å². The molecule has 0 aliphatic rings. The minimum Gasteiger partial charge on any atom is -0.380 e. The van der Waals surface area contributed by atoms with Gasteiger partial charge >= 0.3 is 0 Å². The molecule has 0 spiro atoms. The van der Waals surface area contributed by atoms with Gasteiger partial charge in [0.1, 0.15) is 0 Å². The molecule has 0 saturated heterocycles. The van der Waals surface area contributed by atoms with Crippen LogP contribution in [0, 0.1) is 0 Å². The summed E-state index contributed by atoms with van der Waals surface area (Å²) >= 11 is 0. The van der Waals surface area contributed by atoms with Crippen molar-refractivity contribution in [1.82, 2.24) is 0 Å². The van der Waals surface area contributed by atoms with Crippen LogP contribution in [0.2, 0.25) is 0 Å². The van der Waals surface area contributed by atoms with Crippen molar-refractivity contribution in [2.24, 2.45) is 5.73 Å². The van der Waals surface area contributed by atoms with E-state index in [9.17, 15) is 0 Å². The zero-order chi connectivity index (χ0) is 12.7. The molecule has 0 aromatic heterocycles. The molecular weight excluding hydrogens is 212 g/mol. The molecule has 1 rings (SSSR count). The number of hydrogen-bond donors (Lipinski definition) is 1. The molecule has 1 aromatic carbocycles. The minimum absolute atomic E-state index is 0.160. The van der Waals surface area contributed by atoms with Gasteiger partial charge in [0.25, 0.3) is 0 Å². The fourth-order valence-corrected chi connectivity index (χ4v) is 1.78. The Labute approximate surface area is 105 Å². The number of rotatable bonds is 7. The van der Waals surface area contributed by atoms with Gasteiger partial charge in [-0.25, -0.2) is 0 Å². The third-order valence-electron chi connectivity index (χ3n) is 3.17. The quantitative estimate of drug-likeness (QED) is 0.787. The topological polar surface area (TPSA) is 38.5 Å². The number of benzene rings is 1. The van der Waals surface area contributed by atoms with Crippen LogP contribution >= 0.6 is 0 Å². The summed E-state index contributed by atoms with van der Waals surface area (Å²) in [4.78, 5) is 2.24. The number of aryl methyl sites for hydroxylation is 1. The normalized spacial score (nSPS) is 12.5. The molecule has 96 valence electrons. The molecule has 0 aliphatic heterocycles. The Morgan fingerprint density at radius 1 is 1.29 bits per heavy atom. The molecule has 1 atom stereocenters. The first-order valence-electron chi connectivity index (χ1n) is 6.24. The van der Waals surface area contributed by atoms with Crippen LogP contribution in [-0.4, -0.2) is 33.4 Å². The molecule has 0 amide bonds. The van der Waals surface area contributed by atoms with Crippen LogP contribution in [0.25, 0.3) is 0 Å². The molecule has 1 aromatic rings. The highest BCUT2D eigenvalue weighted by Crippen LogP contribution is 2.14. The second kappa shape index (κ2) is 7.30. The molecule has 2 N–H and O–H groups in total. The highest BCUT2D eigenvalue weighted by molar-refractivity contribution is 5.46. The standard InChI is InChI=1S/C14H24N2O/c1-4-12-5-7-13(8-6-12)16(2)10-9-14(11-15)17-3/h5-8,14H,4,9-11,15H2,1-3H3. The summed E-state index contributed by atoms with van der Waals surface area (Å²) in [6.07, 6.45) is 2.20. The number of nitrogens with zero attached hydrogens (tertiary/aromatic N) is 1. The van der Waals surface area contributed by atoms with Crippen LogP contribution in [0.5, 0.6) is 0 Å². The highest BCUT2D eigenvalue weighted by Gasteiger charge is 2.07. The van der Waals surface area contributed by atoms with Crippen LogP contribution in [0.15, 0.2) is 24.3 Å². The van der Waals surface area contributed by atoms with Crippen molar-refractivity contribution in [2.75, 3.05) is 32.1 Å². The predicted molar refractivity (Wildman–Crippen MR) is 73.6 cm³/mol. The Balaban J connectivity index is 2.48. The van der Waals surface area contributed by atoms with Crippen molar-refractivity contribution >= 4 is 5.69 Å². The van der Waals surface area contributed by atoms with Crippen LogP contribution in [0.1, 0.15) is 18.9 Å². The maximum Gasteiger partial charge on any atom is 0.0710 e. The van der Waals surface area contributed by atoms with Crippen molar-refractivity contribution in [1.29, 1.82) is 0 Å². The Hall–Kier alpha value is -1.06. The molecule has 0 aliphatic carbocycles. The summed E-state index contributed by atoms with van der Waals surface area (Å²) < 4.78 is 5.27. The molecule has 0 saturated carbocycles. The van der Waals surface area contributed by atoms with Crippen LogP contribution in [-0.2, 0) is 11.2 Å². The van der Waals surface area contributed by atoms with E-state index in [2.05, 4.69) is 43.1 Å². The van der Waals surface area contributed by atoms with Crippen molar-refractivity contribution in [3.8, 4) is 0 Å². The first-order valence-corrected chi connectivity index (χ1v) is 6.24. The van der Waals surface area contributed by atoms with E-state index in [4.69, 9.17) is 10.5 Å². The highest BCUT2D eigenvalue weighted by atomic mass is 16.5. The van der Waals surface area contributed by atoms with Gasteiger partial charge in [0.2, 0.25) is 0 Å². The number of methoxy groups -OCH3 is 1. The van der Waals surface area contributed by atoms with E-state index in [0.29, 0.717) is 6.54 Å². The molecule has 3 heteroatoms. The smallest absolute Gasteiger partial charge is 0.0710 e. The maximum absolute atomic E-state index is 5.60. The molecule has 0 fully saturated rings. The molecule has 0 heterocycles. The summed E-state index contributed by atoms with van der Waals surface area (Å²) in [7, 11) is 3.82. The number of ether oxygens (including phenoxy) is 1. The summed E-state index contributed by atoms with van der Waals surface area (Å²) in [6, 6.07) is 8.71. The SMILES string of the molecule is CCc1ccc(N(C)CCC(CN)OC)cc1. The van der Waals surface area contributed by atoms with Crippen molar-refractivity contribution in [2.45, 2.75) is 25.9 Å². The number of hydrogen-bond acceptors (Lipinski definition) is 3. The molecule has 17 heavy (non-hydrogen) atoms. The van der Waals surface area contributed by atoms with Crippen molar-refractivity contribution < 1.29 is 4.74 Å². The van der Waals surface area contributed by atoms with E-state index in [-0.39, 0.29) is 6.10 Å². The van der Waals surface area contributed by atoms with E-state index in [1.807, 2.05) is 0 Å². The average Bonchev–Trinajstić information content (AvgIpc) is 2.39. The van der Waals surface area contributed by atoms with Crippen molar-refractivity contribution in [3.63, 3.8) is 0 Å². The van der Waals surface area contributed by atoms with Gasteiger partial charge in [-0.2, -0.15) is 0 Å². The third kappa shape index (κ3) is 4.36. The second-order valence-electron chi connectivity index (χ2n) is 4.32. The van der Waals surface area contributed by atoms with Gasteiger partial charge < -0.3 is 15.4 Å². The van der Waals surface area contributed by atoms with Gasteiger partial charge in [-0.05, 0) is 30.5 Å². The summed E-state index contributed by atoms with van der Waals surface area (Å²) in [5.41, 5.74) is 8.22. The lowest BCUT2D eigenvalue weighted by molar-refractivity contribution is 0.104. The van der Waals surface area contributed by atoms with E-state index in [1.165, 1.54) is 11.3 Å². The van der Waals surface area contributed by atoms with Crippen LogP contribution in [0.3, 0.4) is 0 Å². The van der Waals surface area contributed by atoms with E-state index in [0.717, 1.165) is 19.4 Å². The first-order chi connectivity index (χ1) is 8.21. The third-order valence-corrected chi connectivity index (χ3v) is 3.17. The Morgan fingerprint density at radius 2 is 1.94 bits per heavy atom. The summed E-state index contributed by atoms with van der Waals surface area (Å²) in [6.45, 7) is 3.71. The monoisotopic (exact) mass is 236 g/mol. The lowest BCUT2D eigenvalue weighted by atomic mass is 10.1. The van der Waals surface area contributed by atoms with Gasteiger partial charge in [-0.3, -0.25) is 0 Å². The summed E-state index contributed by atoms with van der Waals surface area (Å²) in [5, 5.41) is 0. The zero-order valence-corrected chi connectivity index (χ0v) is 11.1. The fourth-order valence-electron chi connectivity index (χ4n) is 1.78. The zero-order valence-electron chi connectivity index (χ0n) is 11.1. The average molecular weight is 236 g/mol. The molecule has 3 nitrogen and oxygen atoms in total.